The van der Waals surface area contributed by atoms with Gasteiger partial charge in [-0.1, -0.05) is 18.2 Å². The highest BCUT2D eigenvalue weighted by Gasteiger charge is 2.12. The van der Waals surface area contributed by atoms with Crippen molar-refractivity contribution in [1.29, 1.82) is 0 Å². The van der Waals surface area contributed by atoms with E-state index in [0.29, 0.717) is 17.8 Å². The van der Waals surface area contributed by atoms with Crippen LogP contribution in [-0.4, -0.2) is 24.7 Å². The van der Waals surface area contributed by atoms with Crippen molar-refractivity contribution in [3.63, 3.8) is 0 Å². The summed E-state index contributed by atoms with van der Waals surface area (Å²) in [4.78, 5) is 13.7. The summed E-state index contributed by atoms with van der Waals surface area (Å²) in [5.74, 6) is -1.40. The fourth-order valence-electron chi connectivity index (χ4n) is 2.07. The minimum Gasteiger partial charge on any atom is -0.478 e. The zero-order chi connectivity index (χ0) is 15.2. The van der Waals surface area contributed by atoms with Crippen molar-refractivity contribution >= 4 is 29.1 Å². The fraction of sp³-hybridized carbons (Fsp3) is 0.188. The molecule has 0 aliphatic heterocycles. The second kappa shape index (κ2) is 7.04. The summed E-state index contributed by atoms with van der Waals surface area (Å²) in [6.45, 7) is 0.662. The predicted molar refractivity (Wildman–Crippen MR) is 84.4 cm³/mol. The predicted octanol–water partition coefficient (Wildman–Crippen LogP) is 3.66. The SMILES string of the molecule is CN(CCc1cccs1)c1c(F)cccc1/C=C/C(=O)O. The van der Waals surface area contributed by atoms with Crippen LogP contribution in [0.25, 0.3) is 6.08 Å². The van der Waals surface area contributed by atoms with Crippen molar-refractivity contribution in [3.8, 4) is 0 Å². The maximum absolute atomic E-state index is 14.1. The Morgan fingerprint density at radius 3 is 2.86 bits per heavy atom. The molecule has 0 aliphatic carbocycles. The molecular formula is C16H16FNO2S. The van der Waals surface area contributed by atoms with Crippen LogP contribution in [0.2, 0.25) is 0 Å². The third-order valence-electron chi connectivity index (χ3n) is 3.08. The molecule has 0 fully saturated rings. The smallest absolute Gasteiger partial charge is 0.328 e. The summed E-state index contributed by atoms with van der Waals surface area (Å²) in [5, 5.41) is 10.7. The van der Waals surface area contributed by atoms with Crippen LogP contribution in [0.4, 0.5) is 10.1 Å². The van der Waals surface area contributed by atoms with Gasteiger partial charge in [0.2, 0.25) is 0 Å². The van der Waals surface area contributed by atoms with E-state index in [-0.39, 0.29) is 5.82 Å². The quantitative estimate of drug-likeness (QED) is 0.828. The topological polar surface area (TPSA) is 40.5 Å². The lowest BCUT2D eigenvalue weighted by Gasteiger charge is -2.21. The van der Waals surface area contributed by atoms with Crippen LogP contribution in [0.3, 0.4) is 0 Å². The van der Waals surface area contributed by atoms with Gasteiger partial charge in [0, 0.05) is 30.1 Å². The van der Waals surface area contributed by atoms with Gasteiger partial charge in [0.15, 0.2) is 0 Å². The number of rotatable bonds is 6. The second-order valence-corrected chi connectivity index (χ2v) is 5.63. The molecule has 0 aliphatic rings. The molecular weight excluding hydrogens is 289 g/mol. The molecule has 5 heteroatoms. The first-order valence-electron chi connectivity index (χ1n) is 6.51. The van der Waals surface area contributed by atoms with E-state index in [1.165, 1.54) is 17.0 Å². The van der Waals surface area contributed by atoms with Gasteiger partial charge >= 0.3 is 5.97 Å². The molecule has 0 saturated carbocycles. The molecule has 1 heterocycles. The lowest BCUT2D eigenvalue weighted by Crippen LogP contribution is -2.22. The molecule has 3 nitrogen and oxygen atoms in total. The van der Waals surface area contributed by atoms with Crippen LogP contribution >= 0.6 is 11.3 Å². The molecule has 2 rings (SSSR count). The Hall–Kier alpha value is -2.14. The Balaban J connectivity index is 2.18. The molecule has 0 bridgehead atoms. The molecule has 0 atom stereocenters. The summed E-state index contributed by atoms with van der Waals surface area (Å²) in [6.07, 6.45) is 3.26. The number of para-hydroxylation sites is 1. The first kappa shape index (κ1) is 15.3. The third kappa shape index (κ3) is 4.16. The Labute approximate surface area is 127 Å². The van der Waals surface area contributed by atoms with E-state index >= 15 is 0 Å². The number of likely N-dealkylation sites (N-methyl/N-ethyl adjacent to an activating group) is 1. The van der Waals surface area contributed by atoms with E-state index in [9.17, 15) is 9.18 Å². The normalized spacial score (nSPS) is 11.0. The van der Waals surface area contributed by atoms with Gasteiger partial charge < -0.3 is 10.0 Å². The van der Waals surface area contributed by atoms with Crippen LogP contribution in [0.1, 0.15) is 10.4 Å². The summed E-state index contributed by atoms with van der Waals surface area (Å²) in [5.41, 5.74) is 0.984. The highest BCUT2D eigenvalue weighted by Crippen LogP contribution is 2.25. The van der Waals surface area contributed by atoms with Gasteiger partial charge in [0.05, 0.1) is 5.69 Å². The van der Waals surface area contributed by atoms with E-state index in [1.54, 1.807) is 23.5 Å². The average Bonchev–Trinajstić information content (AvgIpc) is 2.95. The molecule has 0 amide bonds. The van der Waals surface area contributed by atoms with Crippen molar-refractivity contribution in [1.82, 2.24) is 0 Å². The number of carbonyl (C=O) groups is 1. The minimum absolute atomic E-state index is 0.351. The second-order valence-electron chi connectivity index (χ2n) is 4.60. The fourth-order valence-corrected chi connectivity index (χ4v) is 2.77. The third-order valence-corrected chi connectivity index (χ3v) is 4.02. The van der Waals surface area contributed by atoms with Crippen LogP contribution in [0, 0.1) is 5.82 Å². The molecule has 110 valence electrons. The molecule has 2 aromatic rings. The van der Waals surface area contributed by atoms with Crippen LogP contribution in [-0.2, 0) is 11.2 Å². The van der Waals surface area contributed by atoms with E-state index < -0.39 is 5.97 Å². The van der Waals surface area contributed by atoms with Crippen molar-refractivity contribution in [3.05, 3.63) is 58.0 Å². The molecule has 0 unspecified atom stereocenters. The lowest BCUT2D eigenvalue weighted by atomic mass is 10.1. The Morgan fingerprint density at radius 2 is 2.19 bits per heavy atom. The summed E-state index contributed by atoms with van der Waals surface area (Å²) in [7, 11) is 1.81. The van der Waals surface area contributed by atoms with Gasteiger partial charge in [-0.3, -0.25) is 0 Å². The highest BCUT2D eigenvalue weighted by molar-refractivity contribution is 7.09. The number of carboxylic acid groups (broad SMARTS) is 1. The standard InChI is InChI=1S/C16H16FNO2S/c1-18(10-9-13-5-3-11-21-13)16-12(7-8-15(19)20)4-2-6-14(16)17/h2-8,11H,9-10H2,1H3,(H,19,20)/b8-7+. The number of halogens is 1. The maximum atomic E-state index is 14.1. The molecule has 1 aromatic heterocycles. The maximum Gasteiger partial charge on any atom is 0.328 e. The number of hydrogen-bond acceptors (Lipinski definition) is 3. The average molecular weight is 305 g/mol. The number of anilines is 1. The van der Waals surface area contributed by atoms with Gasteiger partial charge in [-0.2, -0.15) is 0 Å². The summed E-state index contributed by atoms with van der Waals surface area (Å²) >= 11 is 1.67. The van der Waals surface area contributed by atoms with Gasteiger partial charge in [-0.05, 0) is 30.0 Å². The van der Waals surface area contributed by atoms with Crippen molar-refractivity contribution < 1.29 is 14.3 Å². The lowest BCUT2D eigenvalue weighted by molar-refractivity contribution is -0.131. The highest BCUT2D eigenvalue weighted by atomic mass is 32.1. The van der Waals surface area contributed by atoms with E-state index in [2.05, 4.69) is 0 Å². The Morgan fingerprint density at radius 1 is 1.38 bits per heavy atom. The summed E-state index contributed by atoms with van der Waals surface area (Å²) < 4.78 is 14.1. The molecule has 21 heavy (non-hydrogen) atoms. The van der Waals surface area contributed by atoms with E-state index in [0.717, 1.165) is 12.5 Å². The zero-order valence-corrected chi connectivity index (χ0v) is 12.4. The summed E-state index contributed by atoms with van der Waals surface area (Å²) in [6, 6.07) is 8.71. The van der Waals surface area contributed by atoms with Crippen LogP contribution in [0.5, 0.6) is 0 Å². The van der Waals surface area contributed by atoms with Gasteiger partial charge in [-0.15, -0.1) is 11.3 Å². The Kier molecular flexibility index (Phi) is 5.11. The van der Waals surface area contributed by atoms with Crippen molar-refractivity contribution in [2.24, 2.45) is 0 Å². The monoisotopic (exact) mass is 305 g/mol. The van der Waals surface area contributed by atoms with Gasteiger partial charge in [-0.25, -0.2) is 9.18 Å². The first-order chi connectivity index (χ1) is 10.1. The number of aliphatic carboxylic acids is 1. The molecule has 1 aromatic carbocycles. The van der Waals surface area contributed by atoms with Crippen molar-refractivity contribution in [2.45, 2.75) is 6.42 Å². The van der Waals surface area contributed by atoms with Crippen molar-refractivity contribution in [2.75, 3.05) is 18.5 Å². The largest absolute Gasteiger partial charge is 0.478 e. The van der Waals surface area contributed by atoms with Gasteiger partial charge in [0.1, 0.15) is 5.82 Å². The number of carboxylic acids is 1. The first-order valence-corrected chi connectivity index (χ1v) is 7.39. The van der Waals surface area contributed by atoms with Gasteiger partial charge in [0.25, 0.3) is 0 Å². The number of hydrogen-bond donors (Lipinski definition) is 1. The molecule has 0 saturated heterocycles. The van der Waals surface area contributed by atoms with E-state index in [1.807, 2.05) is 29.5 Å². The van der Waals surface area contributed by atoms with E-state index in [4.69, 9.17) is 5.11 Å². The minimum atomic E-state index is -1.05. The number of nitrogens with zero attached hydrogens (tertiary/aromatic N) is 1. The number of thiophene rings is 1. The molecule has 1 N–H and O–H groups in total. The number of benzene rings is 1. The van der Waals surface area contributed by atoms with Crippen LogP contribution < -0.4 is 4.90 Å². The Bertz CT molecular complexity index is 638. The zero-order valence-electron chi connectivity index (χ0n) is 11.6. The molecule has 0 radical (unpaired) electrons. The molecule has 0 spiro atoms. The van der Waals surface area contributed by atoms with Crippen LogP contribution in [0.15, 0.2) is 41.8 Å².